The average Bonchev–Trinajstić information content (AvgIpc) is 2.44. The van der Waals surface area contributed by atoms with Crippen molar-refractivity contribution in [3.8, 4) is 0 Å². The van der Waals surface area contributed by atoms with E-state index in [1.165, 1.54) is 4.90 Å². The van der Waals surface area contributed by atoms with Gasteiger partial charge in [-0.15, -0.1) is 0 Å². The zero-order chi connectivity index (χ0) is 11.9. The minimum Gasteiger partial charge on any atom is -0.329 e. The third-order valence-corrected chi connectivity index (χ3v) is 2.75. The molecule has 1 aromatic carbocycles. The summed E-state index contributed by atoms with van der Waals surface area (Å²) < 4.78 is 0. The molecule has 1 amide bonds. The maximum atomic E-state index is 11.8. The molecule has 2 rings (SSSR count). The molecule has 16 heavy (non-hydrogen) atoms. The van der Waals surface area contributed by atoms with Gasteiger partial charge in [-0.25, -0.2) is 0 Å². The lowest BCUT2D eigenvalue weighted by Gasteiger charge is -2.17. The van der Waals surface area contributed by atoms with Crippen molar-refractivity contribution in [3.63, 3.8) is 0 Å². The highest BCUT2D eigenvalue weighted by molar-refractivity contribution is 6.52. The fraction of sp³-hybridized carbons (Fsp3) is 0.333. The molecule has 4 heteroatoms. The van der Waals surface area contributed by atoms with Gasteiger partial charge in [0.05, 0.1) is 11.3 Å². The molecule has 1 aliphatic heterocycles. The van der Waals surface area contributed by atoms with Gasteiger partial charge in [0.15, 0.2) is 0 Å². The van der Waals surface area contributed by atoms with Gasteiger partial charge in [-0.1, -0.05) is 6.07 Å². The number of ketones is 1. The van der Waals surface area contributed by atoms with E-state index in [1.807, 2.05) is 19.9 Å². The maximum absolute atomic E-state index is 11.8. The van der Waals surface area contributed by atoms with Crippen molar-refractivity contribution < 1.29 is 9.59 Å². The highest BCUT2D eigenvalue weighted by atomic mass is 16.2. The van der Waals surface area contributed by atoms with Crippen LogP contribution in [0.15, 0.2) is 12.1 Å². The summed E-state index contributed by atoms with van der Waals surface area (Å²) in [7, 11) is 0. The molecular formula is C12H14N2O2. The summed E-state index contributed by atoms with van der Waals surface area (Å²) in [5.41, 5.74) is 8.63. The second kappa shape index (κ2) is 3.72. The van der Waals surface area contributed by atoms with Crippen molar-refractivity contribution in [2.75, 3.05) is 18.0 Å². The van der Waals surface area contributed by atoms with E-state index in [0.717, 1.165) is 16.8 Å². The van der Waals surface area contributed by atoms with Gasteiger partial charge in [-0.05, 0) is 31.0 Å². The van der Waals surface area contributed by atoms with Gasteiger partial charge in [0.2, 0.25) is 0 Å². The molecule has 0 unspecified atom stereocenters. The fourth-order valence-electron chi connectivity index (χ4n) is 2.17. The predicted molar refractivity (Wildman–Crippen MR) is 61.7 cm³/mol. The number of fused-ring (bicyclic) bond motifs is 1. The van der Waals surface area contributed by atoms with Crippen molar-refractivity contribution in [1.82, 2.24) is 0 Å². The maximum Gasteiger partial charge on any atom is 0.299 e. The Balaban J connectivity index is 2.60. The molecule has 0 bridgehead atoms. The molecule has 0 fully saturated rings. The van der Waals surface area contributed by atoms with Crippen LogP contribution in [0.3, 0.4) is 0 Å². The van der Waals surface area contributed by atoms with Crippen molar-refractivity contribution in [1.29, 1.82) is 0 Å². The summed E-state index contributed by atoms with van der Waals surface area (Å²) in [6.45, 7) is 4.56. The van der Waals surface area contributed by atoms with Gasteiger partial charge >= 0.3 is 0 Å². The minimum absolute atomic E-state index is 0.353. The van der Waals surface area contributed by atoms with Crippen LogP contribution in [0, 0.1) is 13.8 Å². The van der Waals surface area contributed by atoms with Crippen LogP contribution >= 0.6 is 0 Å². The molecule has 0 aromatic heterocycles. The number of anilines is 1. The summed E-state index contributed by atoms with van der Waals surface area (Å²) in [5.74, 6) is -0.885. The van der Waals surface area contributed by atoms with Gasteiger partial charge < -0.3 is 10.6 Å². The van der Waals surface area contributed by atoms with E-state index < -0.39 is 11.7 Å². The Bertz CT molecular complexity index is 480. The predicted octanol–water partition coefficient (Wildman–Crippen LogP) is 0.791. The number of Topliss-reactive ketones (excluding diaryl/α,β-unsaturated/α-hetero) is 1. The fourth-order valence-corrected chi connectivity index (χ4v) is 2.17. The second-order valence-corrected chi connectivity index (χ2v) is 4.05. The lowest BCUT2D eigenvalue weighted by atomic mass is 10.0. The zero-order valence-electron chi connectivity index (χ0n) is 9.41. The zero-order valence-corrected chi connectivity index (χ0v) is 9.41. The topological polar surface area (TPSA) is 63.4 Å². The molecule has 0 radical (unpaired) electrons. The number of hydrogen-bond donors (Lipinski definition) is 1. The first-order valence-corrected chi connectivity index (χ1v) is 5.23. The molecule has 0 aliphatic carbocycles. The largest absolute Gasteiger partial charge is 0.329 e. The van der Waals surface area contributed by atoms with Gasteiger partial charge in [0, 0.05) is 13.1 Å². The van der Waals surface area contributed by atoms with Gasteiger partial charge in [-0.3, -0.25) is 9.59 Å². The highest BCUT2D eigenvalue weighted by Crippen LogP contribution is 2.32. The Labute approximate surface area is 94.0 Å². The SMILES string of the molecule is Cc1cc(C)c2c(c1)C(=O)C(=O)N2CCN. The van der Waals surface area contributed by atoms with E-state index in [2.05, 4.69) is 0 Å². The summed E-state index contributed by atoms with van der Waals surface area (Å²) in [6, 6.07) is 3.73. The molecule has 1 aliphatic rings. The molecule has 84 valence electrons. The number of carbonyl (C=O) groups is 2. The average molecular weight is 218 g/mol. The summed E-state index contributed by atoms with van der Waals surface area (Å²) in [6.07, 6.45) is 0. The number of amides is 1. The normalized spacial score (nSPS) is 14.6. The van der Waals surface area contributed by atoms with Crippen LogP contribution in [-0.4, -0.2) is 24.8 Å². The summed E-state index contributed by atoms with van der Waals surface area (Å²) >= 11 is 0. The Kier molecular flexibility index (Phi) is 2.52. The summed E-state index contributed by atoms with van der Waals surface area (Å²) in [4.78, 5) is 25.0. The van der Waals surface area contributed by atoms with Crippen LogP contribution in [0.4, 0.5) is 5.69 Å². The second-order valence-electron chi connectivity index (χ2n) is 4.05. The number of carbonyl (C=O) groups excluding carboxylic acids is 2. The number of rotatable bonds is 2. The van der Waals surface area contributed by atoms with Crippen molar-refractivity contribution in [2.24, 2.45) is 5.73 Å². The van der Waals surface area contributed by atoms with Crippen molar-refractivity contribution >= 4 is 17.4 Å². The third kappa shape index (κ3) is 1.42. The van der Waals surface area contributed by atoms with Crippen LogP contribution < -0.4 is 10.6 Å². The van der Waals surface area contributed by atoms with Crippen LogP contribution in [0.25, 0.3) is 0 Å². The van der Waals surface area contributed by atoms with E-state index in [1.54, 1.807) is 6.07 Å². The van der Waals surface area contributed by atoms with E-state index in [0.29, 0.717) is 18.7 Å². The molecule has 2 N–H and O–H groups in total. The third-order valence-electron chi connectivity index (χ3n) is 2.75. The lowest BCUT2D eigenvalue weighted by molar-refractivity contribution is -0.114. The van der Waals surface area contributed by atoms with E-state index in [9.17, 15) is 9.59 Å². The van der Waals surface area contributed by atoms with Crippen LogP contribution in [0.2, 0.25) is 0 Å². The first-order chi connectivity index (χ1) is 7.56. The number of hydrogen-bond acceptors (Lipinski definition) is 3. The van der Waals surface area contributed by atoms with Crippen molar-refractivity contribution in [2.45, 2.75) is 13.8 Å². The molecule has 0 saturated carbocycles. The Morgan fingerprint density at radius 3 is 2.56 bits per heavy atom. The Hall–Kier alpha value is -1.68. The Morgan fingerprint density at radius 2 is 1.94 bits per heavy atom. The number of nitrogens with two attached hydrogens (primary N) is 1. The first-order valence-electron chi connectivity index (χ1n) is 5.23. The quantitative estimate of drug-likeness (QED) is 0.746. The monoisotopic (exact) mass is 218 g/mol. The lowest BCUT2D eigenvalue weighted by Crippen LogP contribution is -2.34. The van der Waals surface area contributed by atoms with Gasteiger partial charge in [-0.2, -0.15) is 0 Å². The van der Waals surface area contributed by atoms with Crippen molar-refractivity contribution in [3.05, 3.63) is 28.8 Å². The summed E-state index contributed by atoms with van der Waals surface area (Å²) in [5, 5.41) is 0. The highest BCUT2D eigenvalue weighted by Gasteiger charge is 2.36. The molecule has 1 aromatic rings. The molecule has 4 nitrogen and oxygen atoms in total. The van der Waals surface area contributed by atoms with Gasteiger partial charge in [0.1, 0.15) is 0 Å². The van der Waals surface area contributed by atoms with Gasteiger partial charge in [0.25, 0.3) is 11.7 Å². The molecule has 0 saturated heterocycles. The van der Waals surface area contributed by atoms with E-state index in [-0.39, 0.29) is 0 Å². The first kappa shape index (κ1) is 10.8. The van der Waals surface area contributed by atoms with Crippen LogP contribution in [0.1, 0.15) is 21.5 Å². The van der Waals surface area contributed by atoms with E-state index in [4.69, 9.17) is 5.73 Å². The number of aryl methyl sites for hydroxylation is 2. The minimum atomic E-state index is -0.464. The Morgan fingerprint density at radius 1 is 1.25 bits per heavy atom. The number of nitrogens with zero attached hydrogens (tertiary/aromatic N) is 1. The van der Waals surface area contributed by atoms with E-state index >= 15 is 0 Å². The molecule has 0 atom stereocenters. The van der Waals surface area contributed by atoms with Crippen LogP contribution in [0.5, 0.6) is 0 Å². The molecule has 0 spiro atoms. The molecule has 1 heterocycles. The smallest absolute Gasteiger partial charge is 0.299 e. The van der Waals surface area contributed by atoms with Crippen LogP contribution in [-0.2, 0) is 4.79 Å². The molecular weight excluding hydrogens is 204 g/mol. The standard InChI is InChI=1S/C12H14N2O2/c1-7-5-8(2)10-9(6-7)11(15)12(16)14(10)4-3-13/h5-6H,3-4,13H2,1-2H3. The number of benzene rings is 1.